The summed E-state index contributed by atoms with van der Waals surface area (Å²) in [5.41, 5.74) is 3.00. The van der Waals surface area contributed by atoms with Gasteiger partial charge in [0.25, 0.3) is 0 Å². The highest BCUT2D eigenvalue weighted by molar-refractivity contribution is 7.91. The van der Waals surface area contributed by atoms with Crippen molar-refractivity contribution in [2.45, 2.75) is 18.7 Å². The zero-order chi connectivity index (χ0) is 15.9. The summed E-state index contributed by atoms with van der Waals surface area (Å²) in [5.74, 6) is 0.673. The van der Waals surface area contributed by atoms with Gasteiger partial charge in [-0.2, -0.15) is 0 Å². The highest BCUT2D eigenvalue weighted by Crippen LogP contribution is 2.29. The molecule has 0 N–H and O–H groups in total. The molecule has 0 saturated carbocycles. The standard InChI is InChI=1S/C16H17N3O2S/c1-4-22(20,21)14-8-6-5-7-12(14)16-18-15-13(19(16)3)10-9-11(2)17-15/h5-10H,4H2,1-3H3. The SMILES string of the molecule is CCS(=O)(=O)c1ccccc1-c1nc2nc(C)ccc2n1C. The van der Waals surface area contributed by atoms with Crippen LogP contribution in [-0.4, -0.2) is 28.7 Å². The Hall–Kier alpha value is -2.21. The van der Waals surface area contributed by atoms with E-state index in [2.05, 4.69) is 9.97 Å². The number of nitrogens with zero attached hydrogens (tertiary/aromatic N) is 3. The first-order valence-electron chi connectivity index (χ1n) is 7.06. The van der Waals surface area contributed by atoms with Crippen molar-refractivity contribution in [2.24, 2.45) is 7.05 Å². The number of imidazole rings is 1. The fourth-order valence-corrected chi connectivity index (χ4v) is 3.58. The third-order valence-corrected chi connectivity index (χ3v) is 5.51. The molecular formula is C16H17N3O2S. The topological polar surface area (TPSA) is 64.8 Å². The molecule has 0 fully saturated rings. The highest BCUT2D eigenvalue weighted by Gasteiger charge is 2.20. The highest BCUT2D eigenvalue weighted by atomic mass is 32.2. The number of sulfone groups is 1. The summed E-state index contributed by atoms with van der Waals surface area (Å²) in [6, 6.07) is 10.8. The second-order valence-electron chi connectivity index (χ2n) is 5.19. The van der Waals surface area contributed by atoms with Gasteiger partial charge in [0.15, 0.2) is 15.5 Å². The lowest BCUT2D eigenvalue weighted by Crippen LogP contribution is -2.07. The second kappa shape index (κ2) is 5.21. The van der Waals surface area contributed by atoms with Gasteiger partial charge in [-0.3, -0.25) is 0 Å². The van der Waals surface area contributed by atoms with E-state index in [-0.39, 0.29) is 5.75 Å². The van der Waals surface area contributed by atoms with Crippen LogP contribution in [0.25, 0.3) is 22.6 Å². The summed E-state index contributed by atoms with van der Waals surface area (Å²) >= 11 is 0. The minimum absolute atomic E-state index is 0.0608. The van der Waals surface area contributed by atoms with Gasteiger partial charge in [0.05, 0.1) is 16.2 Å². The third kappa shape index (κ3) is 2.29. The number of hydrogen-bond donors (Lipinski definition) is 0. The molecule has 0 aliphatic carbocycles. The molecular weight excluding hydrogens is 298 g/mol. The Morgan fingerprint density at radius 3 is 2.55 bits per heavy atom. The van der Waals surface area contributed by atoms with Gasteiger partial charge in [0.1, 0.15) is 5.82 Å². The quantitative estimate of drug-likeness (QED) is 0.745. The van der Waals surface area contributed by atoms with Gasteiger partial charge < -0.3 is 4.57 Å². The van der Waals surface area contributed by atoms with E-state index in [1.807, 2.05) is 36.7 Å². The maximum atomic E-state index is 12.3. The van der Waals surface area contributed by atoms with Gasteiger partial charge in [-0.1, -0.05) is 19.1 Å². The summed E-state index contributed by atoms with van der Waals surface area (Å²) in [4.78, 5) is 9.27. The van der Waals surface area contributed by atoms with E-state index in [9.17, 15) is 8.42 Å². The van der Waals surface area contributed by atoms with Crippen molar-refractivity contribution in [2.75, 3.05) is 5.75 Å². The molecule has 3 rings (SSSR count). The number of hydrogen-bond acceptors (Lipinski definition) is 4. The Morgan fingerprint density at radius 2 is 1.82 bits per heavy atom. The van der Waals surface area contributed by atoms with Crippen LogP contribution in [0.4, 0.5) is 0 Å². The van der Waals surface area contributed by atoms with E-state index in [1.165, 1.54) is 0 Å². The lowest BCUT2D eigenvalue weighted by molar-refractivity contribution is 0.597. The maximum absolute atomic E-state index is 12.3. The number of fused-ring (bicyclic) bond motifs is 1. The van der Waals surface area contributed by atoms with E-state index >= 15 is 0 Å². The molecule has 1 aromatic carbocycles. The first-order valence-corrected chi connectivity index (χ1v) is 8.71. The van der Waals surface area contributed by atoms with Crippen molar-refractivity contribution in [1.29, 1.82) is 0 Å². The summed E-state index contributed by atoms with van der Waals surface area (Å²) in [6.07, 6.45) is 0. The Bertz CT molecular complexity index is 959. The van der Waals surface area contributed by atoms with Gasteiger partial charge in [0.2, 0.25) is 0 Å². The Morgan fingerprint density at radius 1 is 1.09 bits per heavy atom. The number of pyridine rings is 1. The molecule has 0 aliphatic heterocycles. The first-order chi connectivity index (χ1) is 10.4. The van der Waals surface area contributed by atoms with E-state index in [4.69, 9.17) is 0 Å². The number of aryl methyl sites for hydroxylation is 2. The smallest absolute Gasteiger partial charge is 0.178 e. The summed E-state index contributed by atoms with van der Waals surface area (Å²) in [7, 11) is -1.44. The van der Waals surface area contributed by atoms with Gasteiger partial charge in [0, 0.05) is 18.3 Å². The minimum Gasteiger partial charge on any atom is -0.326 e. The van der Waals surface area contributed by atoms with E-state index in [1.54, 1.807) is 25.1 Å². The molecule has 0 amide bonds. The molecule has 0 unspecified atom stereocenters. The van der Waals surface area contributed by atoms with Crippen LogP contribution in [0.15, 0.2) is 41.3 Å². The Labute approximate surface area is 129 Å². The molecule has 114 valence electrons. The summed E-state index contributed by atoms with van der Waals surface area (Å²) in [6.45, 7) is 3.55. The fraction of sp³-hybridized carbons (Fsp3) is 0.250. The van der Waals surface area contributed by atoms with Crippen LogP contribution >= 0.6 is 0 Å². The summed E-state index contributed by atoms with van der Waals surface area (Å²) < 4.78 is 26.5. The molecule has 0 spiro atoms. The van der Waals surface area contributed by atoms with Crippen LogP contribution in [0, 0.1) is 6.92 Å². The number of benzene rings is 1. The van der Waals surface area contributed by atoms with Crippen LogP contribution < -0.4 is 0 Å². The van der Waals surface area contributed by atoms with Gasteiger partial charge >= 0.3 is 0 Å². The molecule has 2 heterocycles. The van der Waals surface area contributed by atoms with Crippen molar-refractivity contribution in [3.8, 4) is 11.4 Å². The largest absolute Gasteiger partial charge is 0.326 e. The Kier molecular flexibility index (Phi) is 3.48. The maximum Gasteiger partial charge on any atom is 0.178 e. The molecule has 0 atom stereocenters. The van der Waals surface area contributed by atoms with E-state index in [0.29, 0.717) is 21.9 Å². The monoisotopic (exact) mass is 315 g/mol. The minimum atomic E-state index is -3.31. The van der Waals surface area contributed by atoms with Crippen LogP contribution in [0.5, 0.6) is 0 Å². The van der Waals surface area contributed by atoms with Gasteiger partial charge in [-0.05, 0) is 31.2 Å². The van der Waals surface area contributed by atoms with E-state index < -0.39 is 9.84 Å². The van der Waals surface area contributed by atoms with Crippen molar-refractivity contribution in [3.63, 3.8) is 0 Å². The molecule has 2 aromatic heterocycles. The van der Waals surface area contributed by atoms with Gasteiger partial charge in [-0.25, -0.2) is 18.4 Å². The second-order valence-corrected chi connectivity index (χ2v) is 7.44. The van der Waals surface area contributed by atoms with Crippen LogP contribution in [-0.2, 0) is 16.9 Å². The molecule has 0 radical (unpaired) electrons. The molecule has 0 aliphatic rings. The van der Waals surface area contributed by atoms with Crippen LogP contribution in [0.3, 0.4) is 0 Å². The predicted molar refractivity (Wildman–Crippen MR) is 86.4 cm³/mol. The summed E-state index contributed by atoms with van der Waals surface area (Å²) in [5, 5.41) is 0. The third-order valence-electron chi connectivity index (χ3n) is 3.73. The number of aromatic nitrogens is 3. The molecule has 3 aromatic rings. The zero-order valence-corrected chi connectivity index (χ0v) is 13.6. The Balaban J connectivity index is 2.31. The lowest BCUT2D eigenvalue weighted by Gasteiger charge is -2.09. The molecule has 22 heavy (non-hydrogen) atoms. The lowest BCUT2D eigenvalue weighted by atomic mass is 10.2. The molecule has 6 heteroatoms. The van der Waals surface area contributed by atoms with Crippen molar-refractivity contribution >= 4 is 21.0 Å². The number of rotatable bonds is 3. The van der Waals surface area contributed by atoms with E-state index in [0.717, 1.165) is 11.2 Å². The zero-order valence-electron chi connectivity index (χ0n) is 12.7. The molecule has 0 saturated heterocycles. The first kappa shape index (κ1) is 14.7. The fourth-order valence-electron chi connectivity index (χ4n) is 2.49. The molecule has 5 nitrogen and oxygen atoms in total. The normalized spacial score (nSPS) is 12.0. The predicted octanol–water partition coefficient (Wildman–Crippen LogP) is 2.74. The van der Waals surface area contributed by atoms with Crippen LogP contribution in [0.2, 0.25) is 0 Å². The van der Waals surface area contributed by atoms with Crippen molar-refractivity contribution in [1.82, 2.24) is 14.5 Å². The average molecular weight is 315 g/mol. The average Bonchev–Trinajstić information content (AvgIpc) is 2.83. The van der Waals surface area contributed by atoms with Crippen LogP contribution in [0.1, 0.15) is 12.6 Å². The van der Waals surface area contributed by atoms with Crippen molar-refractivity contribution in [3.05, 3.63) is 42.1 Å². The molecule has 0 bridgehead atoms. The van der Waals surface area contributed by atoms with Gasteiger partial charge in [-0.15, -0.1) is 0 Å². The van der Waals surface area contributed by atoms with Crippen molar-refractivity contribution < 1.29 is 8.42 Å².